The summed E-state index contributed by atoms with van der Waals surface area (Å²) in [6, 6.07) is 12.9. The molecule has 1 amide bonds. The molecule has 96 valence electrons. The van der Waals surface area contributed by atoms with Gasteiger partial charge in [-0.25, -0.2) is 4.98 Å². The van der Waals surface area contributed by atoms with Crippen molar-refractivity contribution in [2.24, 2.45) is 0 Å². The van der Waals surface area contributed by atoms with Gasteiger partial charge in [0.05, 0.1) is 5.69 Å². The summed E-state index contributed by atoms with van der Waals surface area (Å²) in [6.07, 6.45) is 0. The highest BCUT2D eigenvalue weighted by Crippen LogP contribution is 2.35. The molecule has 1 aromatic heterocycles. The minimum atomic E-state index is -0.855. The number of benzene rings is 1. The van der Waals surface area contributed by atoms with Gasteiger partial charge in [-0.1, -0.05) is 41.9 Å². The van der Waals surface area contributed by atoms with Gasteiger partial charge in [0.1, 0.15) is 10.7 Å². The number of rotatable bonds is 1. The molecule has 0 saturated heterocycles. The molecule has 0 spiro atoms. The third-order valence-electron chi connectivity index (χ3n) is 3.28. The highest BCUT2D eigenvalue weighted by molar-refractivity contribution is 6.29. The van der Waals surface area contributed by atoms with Gasteiger partial charge in [0, 0.05) is 0 Å². The van der Waals surface area contributed by atoms with Crippen molar-refractivity contribution in [3.63, 3.8) is 0 Å². The van der Waals surface area contributed by atoms with Crippen molar-refractivity contribution in [1.82, 2.24) is 4.98 Å². The number of pyridine rings is 1. The third-order valence-corrected chi connectivity index (χ3v) is 3.49. The number of nitrogens with one attached hydrogen (secondary N) is 2. The van der Waals surface area contributed by atoms with E-state index in [0.717, 1.165) is 5.56 Å². The number of hydrogen-bond acceptors (Lipinski definition) is 3. The topological polar surface area (TPSA) is 54.0 Å². The van der Waals surface area contributed by atoms with Crippen molar-refractivity contribution < 1.29 is 4.79 Å². The van der Waals surface area contributed by atoms with Crippen LogP contribution in [0.3, 0.4) is 0 Å². The van der Waals surface area contributed by atoms with Crippen LogP contribution in [-0.4, -0.2) is 10.9 Å². The second-order valence-corrected chi connectivity index (χ2v) is 4.99. The molecule has 0 radical (unpaired) electrons. The van der Waals surface area contributed by atoms with Gasteiger partial charge in [-0.3, -0.25) is 4.79 Å². The van der Waals surface area contributed by atoms with Gasteiger partial charge in [0.15, 0.2) is 5.82 Å². The number of carbonyl (C=O) groups is 1. The Hall–Kier alpha value is -2.07. The van der Waals surface area contributed by atoms with E-state index < -0.39 is 5.54 Å². The van der Waals surface area contributed by atoms with Crippen molar-refractivity contribution in [3.05, 3.63) is 53.2 Å². The Morgan fingerprint density at radius 1 is 1.16 bits per heavy atom. The highest BCUT2D eigenvalue weighted by Gasteiger charge is 2.39. The normalized spacial score (nSPS) is 21.3. The highest BCUT2D eigenvalue weighted by atomic mass is 35.5. The Bertz CT molecular complexity index is 644. The predicted molar refractivity (Wildman–Crippen MR) is 75.3 cm³/mol. The molecule has 19 heavy (non-hydrogen) atoms. The predicted octanol–water partition coefficient (Wildman–Crippen LogP) is 3.01. The molecule has 0 fully saturated rings. The molecule has 1 aliphatic rings. The Kier molecular flexibility index (Phi) is 2.68. The first-order valence-electron chi connectivity index (χ1n) is 5.91. The zero-order chi connectivity index (χ0) is 13.5. The number of nitrogens with zero attached hydrogens (tertiary/aromatic N) is 1. The Morgan fingerprint density at radius 3 is 2.63 bits per heavy atom. The molecule has 1 atom stereocenters. The van der Waals surface area contributed by atoms with Crippen molar-refractivity contribution in [2.45, 2.75) is 12.5 Å². The second kappa shape index (κ2) is 4.24. The number of hydrogen-bond donors (Lipinski definition) is 2. The van der Waals surface area contributed by atoms with Gasteiger partial charge in [-0.15, -0.1) is 0 Å². The fourth-order valence-electron chi connectivity index (χ4n) is 2.15. The molecule has 0 saturated carbocycles. The van der Waals surface area contributed by atoms with Gasteiger partial charge in [0.25, 0.3) is 5.91 Å². The minimum absolute atomic E-state index is 0.115. The van der Waals surface area contributed by atoms with Crippen LogP contribution < -0.4 is 10.6 Å². The summed E-state index contributed by atoms with van der Waals surface area (Å²) in [5.74, 6) is 0.466. The summed E-state index contributed by atoms with van der Waals surface area (Å²) in [4.78, 5) is 16.5. The average molecular weight is 274 g/mol. The lowest BCUT2D eigenvalue weighted by atomic mass is 9.89. The van der Waals surface area contributed by atoms with Gasteiger partial charge in [0.2, 0.25) is 0 Å². The van der Waals surface area contributed by atoms with E-state index in [0.29, 0.717) is 16.7 Å². The van der Waals surface area contributed by atoms with E-state index >= 15 is 0 Å². The van der Waals surface area contributed by atoms with Crippen LogP contribution in [0, 0.1) is 0 Å². The molecule has 1 aliphatic heterocycles. The van der Waals surface area contributed by atoms with Crippen molar-refractivity contribution in [2.75, 3.05) is 10.6 Å². The van der Waals surface area contributed by atoms with Gasteiger partial charge in [-0.05, 0) is 24.6 Å². The molecule has 3 rings (SSSR count). The summed E-state index contributed by atoms with van der Waals surface area (Å²) >= 11 is 5.89. The van der Waals surface area contributed by atoms with Crippen LogP contribution in [-0.2, 0) is 10.3 Å². The summed E-state index contributed by atoms with van der Waals surface area (Å²) in [5, 5.41) is 6.41. The first-order valence-corrected chi connectivity index (χ1v) is 6.29. The quantitative estimate of drug-likeness (QED) is 0.786. The van der Waals surface area contributed by atoms with Gasteiger partial charge in [-0.2, -0.15) is 0 Å². The van der Waals surface area contributed by atoms with Gasteiger partial charge >= 0.3 is 0 Å². The van der Waals surface area contributed by atoms with E-state index in [1.165, 1.54) is 0 Å². The summed E-state index contributed by atoms with van der Waals surface area (Å²) in [6.45, 7) is 1.82. The van der Waals surface area contributed by atoms with E-state index in [9.17, 15) is 4.79 Å². The maximum atomic E-state index is 12.3. The number of carbonyl (C=O) groups excluding carboxylic acids is 1. The first kappa shape index (κ1) is 12.0. The minimum Gasteiger partial charge on any atom is -0.351 e. The first-order chi connectivity index (χ1) is 9.09. The van der Waals surface area contributed by atoms with Crippen LogP contribution in [0.2, 0.25) is 5.15 Å². The standard InChI is InChI=1S/C14H12ClN3O/c1-14(9-5-3-2-4-6-9)13(19)16-10-7-8-11(15)17-12(10)18-14/h2-8H,1H3,(H,16,19)(H,17,18). The number of halogens is 1. The molecule has 2 N–H and O–H groups in total. The molecule has 0 bridgehead atoms. The third kappa shape index (κ3) is 1.94. The molecule has 0 aliphatic carbocycles. The van der Waals surface area contributed by atoms with Crippen LogP contribution in [0.15, 0.2) is 42.5 Å². The molecule has 2 aromatic rings. The molecular formula is C14H12ClN3O. The van der Waals surface area contributed by atoms with Crippen molar-refractivity contribution in [3.8, 4) is 0 Å². The maximum absolute atomic E-state index is 12.3. The Morgan fingerprint density at radius 2 is 1.89 bits per heavy atom. The molecule has 2 heterocycles. The van der Waals surface area contributed by atoms with E-state index in [1.807, 2.05) is 37.3 Å². The van der Waals surface area contributed by atoms with Crippen molar-refractivity contribution in [1.29, 1.82) is 0 Å². The van der Waals surface area contributed by atoms with Crippen LogP contribution in [0.5, 0.6) is 0 Å². The smallest absolute Gasteiger partial charge is 0.254 e. The molecule has 1 unspecified atom stereocenters. The maximum Gasteiger partial charge on any atom is 0.254 e. The van der Waals surface area contributed by atoms with E-state index in [2.05, 4.69) is 15.6 Å². The fraction of sp³-hybridized carbons (Fsp3) is 0.143. The SMILES string of the molecule is CC1(c2ccccc2)Nc2nc(Cl)ccc2NC1=O. The number of amides is 1. The molecule has 4 nitrogen and oxygen atoms in total. The van der Waals surface area contributed by atoms with Crippen LogP contribution >= 0.6 is 11.6 Å². The molecule has 1 aromatic carbocycles. The lowest BCUT2D eigenvalue weighted by Gasteiger charge is -2.35. The fourth-order valence-corrected chi connectivity index (χ4v) is 2.29. The largest absolute Gasteiger partial charge is 0.351 e. The monoisotopic (exact) mass is 273 g/mol. The van der Waals surface area contributed by atoms with E-state index in [1.54, 1.807) is 12.1 Å². The Balaban J connectivity index is 2.08. The zero-order valence-electron chi connectivity index (χ0n) is 10.3. The van der Waals surface area contributed by atoms with E-state index in [4.69, 9.17) is 11.6 Å². The molecular weight excluding hydrogens is 262 g/mol. The second-order valence-electron chi connectivity index (χ2n) is 4.60. The van der Waals surface area contributed by atoms with Crippen LogP contribution in [0.4, 0.5) is 11.5 Å². The van der Waals surface area contributed by atoms with E-state index in [-0.39, 0.29) is 5.91 Å². The lowest BCUT2D eigenvalue weighted by molar-refractivity contribution is -0.120. The van der Waals surface area contributed by atoms with Crippen LogP contribution in [0.25, 0.3) is 0 Å². The number of anilines is 2. The lowest BCUT2D eigenvalue weighted by Crippen LogP contribution is -2.47. The summed E-state index contributed by atoms with van der Waals surface area (Å²) < 4.78 is 0. The number of aromatic nitrogens is 1. The average Bonchev–Trinajstić information content (AvgIpc) is 2.41. The number of fused-ring (bicyclic) bond motifs is 1. The Labute approximate surface area is 115 Å². The summed E-state index contributed by atoms with van der Waals surface area (Å²) in [7, 11) is 0. The van der Waals surface area contributed by atoms with Gasteiger partial charge < -0.3 is 10.6 Å². The molecule has 5 heteroatoms. The van der Waals surface area contributed by atoms with Crippen LogP contribution in [0.1, 0.15) is 12.5 Å². The zero-order valence-corrected chi connectivity index (χ0v) is 11.0. The summed E-state index contributed by atoms with van der Waals surface area (Å²) in [5.41, 5.74) is 0.661. The van der Waals surface area contributed by atoms with Crippen molar-refractivity contribution >= 4 is 29.0 Å².